The van der Waals surface area contributed by atoms with Gasteiger partial charge in [0.2, 0.25) is 0 Å². The monoisotopic (exact) mass is 184 g/mol. The molecule has 0 atom stereocenters. The van der Waals surface area contributed by atoms with Gasteiger partial charge in [0.05, 0.1) is 0 Å². The summed E-state index contributed by atoms with van der Waals surface area (Å²) in [5.74, 6) is 0. The molecule has 2 aromatic rings. The first kappa shape index (κ1) is 9.26. The first-order valence-electron chi connectivity index (χ1n) is 5.21. The fourth-order valence-corrected chi connectivity index (χ4v) is 1.98. The molecule has 0 heteroatoms. The molecule has 0 aromatic heterocycles. The van der Waals surface area contributed by atoms with E-state index < -0.39 is 0 Å². The van der Waals surface area contributed by atoms with Crippen LogP contribution in [0.2, 0.25) is 0 Å². The minimum absolute atomic E-state index is 1.11. The molecule has 0 spiro atoms. The van der Waals surface area contributed by atoms with Crippen LogP contribution in [0.3, 0.4) is 0 Å². The highest BCUT2D eigenvalue weighted by molar-refractivity contribution is 5.89. The first-order valence-corrected chi connectivity index (χ1v) is 5.21. The summed E-state index contributed by atoms with van der Waals surface area (Å²) in [4.78, 5) is 0. The van der Waals surface area contributed by atoms with Crippen LogP contribution in [0, 0.1) is 13.8 Å². The van der Waals surface area contributed by atoms with Crippen molar-refractivity contribution in [1.29, 1.82) is 0 Å². The van der Waals surface area contributed by atoms with Crippen molar-refractivity contribution >= 4 is 10.8 Å². The van der Waals surface area contributed by atoms with E-state index in [0.29, 0.717) is 0 Å². The third kappa shape index (κ3) is 1.41. The lowest BCUT2D eigenvalue weighted by molar-refractivity contribution is 1.16. The van der Waals surface area contributed by atoms with Crippen molar-refractivity contribution in [3.05, 3.63) is 47.0 Å². The van der Waals surface area contributed by atoms with Gasteiger partial charge in [-0.1, -0.05) is 42.8 Å². The fraction of sp³-hybridized carbons (Fsp3) is 0.286. The van der Waals surface area contributed by atoms with Crippen LogP contribution in [0.4, 0.5) is 0 Å². The van der Waals surface area contributed by atoms with Gasteiger partial charge >= 0.3 is 0 Å². The summed E-state index contributed by atoms with van der Waals surface area (Å²) < 4.78 is 0. The van der Waals surface area contributed by atoms with Crippen LogP contribution in [0.15, 0.2) is 30.3 Å². The van der Waals surface area contributed by atoms with Crippen LogP contribution in [0.1, 0.15) is 23.6 Å². The molecule has 0 heterocycles. The van der Waals surface area contributed by atoms with E-state index in [1.807, 2.05) is 0 Å². The predicted octanol–water partition coefficient (Wildman–Crippen LogP) is 4.02. The summed E-state index contributed by atoms with van der Waals surface area (Å²) >= 11 is 0. The predicted molar refractivity (Wildman–Crippen MR) is 62.8 cm³/mol. The summed E-state index contributed by atoms with van der Waals surface area (Å²) in [7, 11) is 0. The van der Waals surface area contributed by atoms with Crippen molar-refractivity contribution < 1.29 is 0 Å². The Morgan fingerprint density at radius 3 is 2.43 bits per heavy atom. The van der Waals surface area contributed by atoms with Crippen LogP contribution in [0.25, 0.3) is 10.8 Å². The Balaban J connectivity index is 2.84. The molecule has 0 saturated carbocycles. The Morgan fingerprint density at radius 2 is 1.71 bits per heavy atom. The Labute approximate surface area is 85.6 Å². The van der Waals surface area contributed by atoms with Gasteiger partial charge in [-0.2, -0.15) is 0 Å². The summed E-state index contributed by atoms with van der Waals surface area (Å²) in [6.07, 6.45) is 1.11. The number of fused-ring (bicyclic) bond motifs is 1. The number of rotatable bonds is 1. The van der Waals surface area contributed by atoms with E-state index in [1.165, 1.54) is 27.5 Å². The van der Waals surface area contributed by atoms with E-state index in [1.54, 1.807) is 0 Å². The quantitative estimate of drug-likeness (QED) is 0.628. The normalized spacial score (nSPS) is 10.8. The van der Waals surface area contributed by atoms with Gasteiger partial charge in [0, 0.05) is 0 Å². The highest BCUT2D eigenvalue weighted by atomic mass is 14.1. The average Bonchev–Trinajstić information content (AvgIpc) is 2.19. The second-order valence-electron chi connectivity index (χ2n) is 3.94. The number of aryl methyl sites for hydroxylation is 3. The molecule has 2 rings (SSSR count). The van der Waals surface area contributed by atoms with Crippen molar-refractivity contribution in [3.63, 3.8) is 0 Å². The van der Waals surface area contributed by atoms with E-state index in [-0.39, 0.29) is 0 Å². The Hall–Kier alpha value is -1.30. The van der Waals surface area contributed by atoms with Crippen LogP contribution >= 0.6 is 0 Å². The van der Waals surface area contributed by atoms with E-state index in [2.05, 4.69) is 51.1 Å². The molecule has 0 aliphatic carbocycles. The summed E-state index contributed by atoms with van der Waals surface area (Å²) in [6, 6.07) is 11.2. The van der Waals surface area contributed by atoms with Crippen LogP contribution in [-0.2, 0) is 6.42 Å². The minimum atomic E-state index is 1.11. The third-order valence-electron chi connectivity index (χ3n) is 2.86. The highest BCUT2D eigenvalue weighted by Crippen LogP contribution is 2.23. The van der Waals surface area contributed by atoms with Gasteiger partial charge < -0.3 is 0 Å². The molecule has 0 radical (unpaired) electrons. The van der Waals surface area contributed by atoms with Crippen LogP contribution < -0.4 is 0 Å². The van der Waals surface area contributed by atoms with Gasteiger partial charge in [0.25, 0.3) is 0 Å². The SMILES string of the molecule is CCc1ccc(C)c2cc(C)ccc12. The van der Waals surface area contributed by atoms with Gasteiger partial charge in [0.1, 0.15) is 0 Å². The van der Waals surface area contributed by atoms with Gasteiger partial charge in [0.15, 0.2) is 0 Å². The number of hydrogen-bond acceptors (Lipinski definition) is 0. The van der Waals surface area contributed by atoms with Crippen LogP contribution in [0.5, 0.6) is 0 Å². The maximum absolute atomic E-state index is 2.28. The Morgan fingerprint density at radius 1 is 0.929 bits per heavy atom. The van der Waals surface area contributed by atoms with Gasteiger partial charge in [-0.05, 0) is 42.2 Å². The molecule has 0 fully saturated rings. The van der Waals surface area contributed by atoms with Crippen molar-refractivity contribution in [3.8, 4) is 0 Å². The van der Waals surface area contributed by atoms with Crippen molar-refractivity contribution in [2.75, 3.05) is 0 Å². The first-order chi connectivity index (χ1) is 6.72. The summed E-state index contributed by atoms with van der Waals surface area (Å²) in [6.45, 7) is 6.54. The van der Waals surface area contributed by atoms with E-state index >= 15 is 0 Å². The van der Waals surface area contributed by atoms with Gasteiger partial charge in [-0.3, -0.25) is 0 Å². The zero-order valence-electron chi connectivity index (χ0n) is 9.09. The lowest BCUT2D eigenvalue weighted by Crippen LogP contribution is -1.87. The van der Waals surface area contributed by atoms with Crippen molar-refractivity contribution in [2.45, 2.75) is 27.2 Å². The zero-order valence-corrected chi connectivity index (χ0v) is 9.09. The number of hydrogen-bond donors (Lipinski definition) is 0. The lowest BCUT2D eigenvalue weighted by atomic mass is 9.97. The van der Waals surface area contributed by atoms with Gasteiger partial charge in [-0.15, -0.1) is 0 Å². The molecule has 0 aliphatic rings. The molecular weight excluding hydrogens is 168 g/mol. The average molecular weight is 184 g/mol. The number of benzene rings is 2. The zero-order chi connectivity index (χ0) is 10.1. The topological polar surface area (TPSA) is 0 Å². The molecule has 0 bridgehead atoms. The maximum Gasteiger partial charge on any atom is -0.0149 e. The smallest absolute Gasteiger partial charge is 0.0149 e. The molecule has 0 amide bonds. The molecule has 2 aromatic carbocycles. The Kier molecular flexibility index (Phi) is 2.28. The molecule has 0 nitrogen and oxygen atoms in total. The molecule has 0 aliphatic heterocycles. The summed E-state index contributed by atoms with van der Waals surface area (Å²) in [5, 5.41) is 2.82. The highest BCUT2D eigenvalue weighted by Gasteiger charge is 2.01. The molecular formula is C14H16. The van der Waals surface area contributed by atoms with E-state index in [0.717, 1.165) is 6.42 Å². The summed E-state index contributed by atoms with van der Waals surface area (Å²) in [5.41, 5.74) is 4.17. The fourth-order valence-electron chi connectivity index (χ4n) is 1.98. The molecule has 0 N–H and O–H groups in total. The molecule has 14 heavy (non-hydrogen) atoms. The third-order valence-corrected chi connectivity index (χ3v) is 2.86. The minimum Gasteiger partial charge on any atom is -0.0613 e. The molecule has 72 valence electrons. The van der Waals surface area contributed by atoms with E-state index in [9.17, 15) is 0 Å². The Bertz CT molecular complexity index is 467. The largest absolute Gasteiger partial charge is 0.0613 e. The van der Waals surface area contributed by atoms with E-state index in [4.69, 9.17) is 0 Å². The second-order valence-corrected chi connectivity index (χ2v) is 3.94. The van der Waals surface area contributed by atoms with Crippen molar-refractivity contribution in [2.24, 2.45) is 0 Å². The maximum atomic E-state index is 2.28. The molecule has 0 saturated heterocycles. The standard InChI is InChI=1S/C14H16/c1-4-12-7-6-11(3)14-9-10(2)5-8-13(12)14/h5-9H,4H2,1-3H3. The van der Waals surface area contributed by atoms with Gasteiger partial charge in [-0.25, -0.2) is 0 Å². The van der Waals surface area contributed by atoms with Crippen molar-refractivity contribution in [1.82, 2.24) is 0 Å². The van der Waals surface area contributed by atoms with Crippen LogP contribution in [-0.4, -0.2) is 0 Å². The molecule has 0 unspecified atom stereocenters. The lowest BCUT2D eigenvalue weighted by Gasteiger charge is -2.07. The second kappa shape index (κ2) is 3.45.